The molecule has 0 atom stereocenters. The highest BCUT2D eigenvalue weighted by molar-refractivity contribution is 6.13. The number of aromatic nitrogens is 2. The SMILES string of the molecule is c1ccc(-c2cc3cc(-c4ccccc4)n4nc(-c5cccc6ccccc56)c(-c5ccccc5)c4c3cc2-c2ccccc2)cc1. The van der Waals surface area contributed by atoms with Crippen molar-refractivity contribution < 1.29 is 0 Å². The average molecular weight is 599 g/mol. The lowest BCUT2D eigenvalue weighted by atomic mass is 9.89. The molecule has 0 N–H and O–H groups in total. The first kappa shape index (κ1) is 27.1. The fourth-order valence-electron chi connectivity index (χ4n) is 7.02. The summed E-state index contributed by atoms with van der Waals surface area (Å²) in [6.07, 6.45) is 0. The third-order valence-corrected chi connectivity index (χ3v) is 9.20. The summed E-state index contributed by atoms with van der Waals surface area (Å²) in [6, 6.07) is 65.1. The summed E-state index contributed by atoms with van der Waals surface area (Å²) in [5.41, 5.74) is 12.5. The topological polar surface area (TPSA) is 17.3 Å². The first-order chi connectivity index (χ1) is 23.3. The zero-order chi connectivity index (χ0) is 31.2. The van der Waals surface area contributed by atoms with E-state index < -0.39 is 0 Å². The maximum Gasteiger partial charge on any atom is 0.102 e. The summed E-state index contributed by atoms with van der Waals surface area (Å²) in [5, 5.41) is 10.3. The van der Waals surface area contributed by atoms with Gasteiger partial charge in [0.25, 0.3) is 0 Å². The minimum Gasteiger partial charge on any atom is -0.231 e. The largest absolute Gasteiger partial charge is 0.231 e. The van der Waals surface area contributed by atoms with Crippen LogP contribution in [0.4, 0.5) is 0 Å². The van der Waals surface area contributed by atoms with Gasteiger partial charge in [-0.1, -0.05) is 164 Å². The highest BCUT2D eigenvalue weighted by atomic mass is 15.2. The van der Waals surface area contributed by atoms with Gasteiger partial charge in [-0.2, -0.15) is 5.10 Å². The van der Waals surface area contributed by atoms with Crippen LogP contribution < -0.4 is 0 Å². The predicted octanol–water partition coefficient (Wildman–Crippen LogP) is 12.0. The summed E-state index contributed by atoms with van der Waals surface area (Å²) in [6.45, 7) is 0. The lowest BCUT2D eigenvalue weighted by Crippen LogP contribution is -1.97. The van der Waals surface area contributed by atoms with E-state index in [4.69, 9.17) is 5.10 Å². The van der Waals surface area contributed by atoms with Gasteiger partial charge in [-0.25, -0.2) is 4.52 Å². The van der Waals surface area contributed by atoms with Gasteiger partial charge < -0.3 is 0 Å². The number of benzene rings is 7. The van der Waals surface area contributed by atoms with E-state index in [2.05, 4.69) is 187 Å². The minimum absolute atomic E-state index is 0.978. The molecule has 0 aliphatic heterocycles. The lowest BCUT2D eigenvalue weighted by molar-refractivity contribution is 0.980. The van der Waals surface area contributed by atoms with Gasteiger partial charge in [0, 0.05) is 22.1 Å². The maximum atomic E-state index is 5.54. The van der Waals surface area contributed by atoms with Gasteiger partial charge in [-0.3, -0.25) is 0 Å². The number of nitrogens with zero attached hydrogens (tertiary/aromatic N) is 2. The second-order valence-electron chi connectivity index (χ2n) is 12.0. The molecule has 0 aliphatic carbocycles. The van der Waals surface area contributed by atoms with Crippen molar-refractivity contribution in [3.8, 4) is 55.9 Å². The van der Waals surface area contributed by atoms with Crippen LogP contribution in [0.2, 0.25) is 0 Å². The van der Waals surface area contributed by atoms with Crippen molar-refractivity contribution >= 4 is 27.1 Å². The van der Waals surface area contributed by atoms with E-state index in [-0.39, 0.29) is 0 Å². The van der Waals surface area contributed by atoms with Crippen LogP contribution in [-0.4, -0.2) is 9.61 Å². The Labute approximate surface area is 273 Å². The molecule has 0 spiro atoms. The summed E-state index contributed by atoms with van der Waals surface area (Å²) >= 11 is 0. The fraction of sp³-hybridized carbons (Fsp3) is 0. The molecule has 0 unspecified atom stereocenters. The summed E-state index contributed by atoms with van der Waals surface area (Å²) in [5.74, 6) is 0. The molecule has 0 aliphatic rings. The van der Waals surface area contributed by atoms with Gasteiger partial charge in [-0.15, -0.1) is 0 Å². The van der Waals surface area contributed by atoms with Crippen LogP contribution >= 0.6 is 0 Å². The Hall–Kier alpha value is -6.25. The van der Waals surface area contributed by atoms with Crippen molar-refractivity contribution in [2.45, 2.75) is 0 Å². The van der Waals surface area contributed by atoms with Gasteiger partial charge in [0.05, 0.1) is 11.2 Å². The van der Waals surface area contributed by atoms with Crippen LogP contribution in [0.3, 0.4) is 0 Å². The molecule has 9 rings (SSSR count). The van der Waals surface area contributed by atoms with E-state index in [0.29, 0.717) is 0 Å². The van der Waals surface area contributed by atoms with Crippen molar-refractivity contribution in [2.24, 2.45) is 0 Å². The van der Waals surface area contributed by atoms with Gasteiger partial charge in [0.1, 0.15) is 5.69 Å². The maximum absolute atomic E-state index is 5.54. The molecule has 2 aromatic heterocycles. The Balaban J connectivity index is 1.49. The monoisotopic (exact) mass is 598 g/mol. The molecule has 220 valence electrons. The summed E-state index contributed by atoms with van der Waals surface area (Å²) < 4.78 is 2.19. The van der Waals surface area contributed by atoms with Gasteiger partial charge in [-0.05, 0) is 62.2 Å². The zero-order valence-corrected chi connectivity index (χ0v) is 25.7. The van der Waals surface area contributed by atoms with Crippen molar-refractivity contribution in [3.63, 3.8) is 0 Å². The smallest absolute Gasteiger partial charge is 0.102 e. The Morgan fingerprint density at radius 1 is 0.362 bits per heavy atom. The number of fused-ring (bicyclic) bond motifs is 4. The Morgan fingerprint density at radius 2 is 0.894 bits per heavy atom. The third-order valence-electron chi connectivity index (χ3n) is 9.20. The van der Waals surface area contributed by atoms with Crippen LogP contribution in [0.15, 0.2) is 182 Å². The second kappa shape index (κ2) is 11.3. The number of hydrogen-bond donors (Lipinski definition) is 0. The van der Waals surface area contributed by atoms with E-state index in [1.54, 1.807) is 0 Å². The lowest BCUT2D eigenvalue weighted by Gasteiger charge is -2.16. The quantitative estimate of drug-likeness (QED) is 0.193. The molecule has 0 saturated carbocycles. The van der Waals surface area contributed by atoms with Crippen molar-refractivity contribution in [2.75, 3.05) is 0 Å². The first-order valence-corrected chi connectivity index (χ1v) is 16.1. The van der Waals surface area contributed by atoms with E-state index in [1.165, 1.54) is 43.8 Å². The van der Waals surface area contributed by atoms with Crippen LogP contribution in [0.1, 0.15) is 0 Å². The molecule has 0 saturated heterocycles. The Kier molecular flexibility index (Phi) is 6.50. The van der Waals surface area contributed by atoms with Crippen molar-refractivity contribution in [1.82, 2.24) is 9.61 Å². The third kappa shape index (κ3) is 4.62. The standard InChI is InChI=1S/C45H30N2/c1-5-16-32(17-6-1)39-28-36-29-42(34-21-9-3-10-22-34)47-45(41(36)30-40(39)33-18-7-2-8-19-33)43(35-23-11-4-12-24-35)44(46-47)38-27-15-25-31-20-13-14-26-37(31)38/h1-30H. The zero-order valence-electron chi connectivity index (χ0n) is 25.7. The Bertz CT molecular complexity index is 2530. The van der Waals surface area contributed by atoms with E-state index in [9.17, 15) is 0 Å². The van der Waals surface area contributed by atoms with E-state index in [1.807, 2.05) is 0 Å². The molecule has 0 fully saturated rings. The second-order valence-corrected chi connectivity index (χ2v) is 12.0. The van der Waals surface area contributed by atoms with Crippen molar-refractivity contribution in [1.29, 1.82) is 0 Å². The molecule has 9 aromatic rings. The van der Waals surface area contributed by atoms with Crippen LogP contribution in [-0.2, 0) is 0 Å². The molecule has 0 bridgehead atoms. The van der Waals surface area contributed by atoms with Crippen LogP contribution in [0, 0.1) is 0 Å². The normalized spacial score (nSPS) is 11.4. The highest BCUT2D eigenvalue weighted by Gasteiger charge is 2.23. The van der Waals surface area contributed by atoms with Crippen LogP contribution in [0.5, 0.6) is 0 Å². The number of pyridine rings is 1. The highest BCUT2D eigenvalue weighted by Crippen LogP contribution is 2.45. The molecular formula is C45H30N2. The van der Waals surface area contributed by atoms with Crippen molar-refractivity contribution in [3.05, 3.63) is 182 Å². The number of hydrogen-bond acceptors (Lipinski definition) is 1. The molecule has 7 aromatic carbocycles. The molecule has 0 amide bonds. The van der Waals surface area contributed by atoms with E-state index in [0.717, 1.165) is 39.2 Å². The predicted molar refractivity (Wildman–Crippen MR) is 197 cm³/mol. The van der Waals surface area contributed by atoms with Gasteiger partial charge in [0.2, 0.25) is 0 Å². The average Bonchev–Trinajstić information content (AvgIpc) is 3.56. The molecule has 2 heteroatoms. The van der Waals surface area contributed by atoms with E-state index >= 15 is 0 Å². The summed E-state index contributed by atoms with van der Waals surface area (Å²) in [4.78, 5) is 0. The van der Waals surface area contributed by atoms with Gasteiger partial charge >= 0.3 is 0 Å². The molecule has 2 heterocycles. The minimum atomic E-state index is 0.978. The molecule has 0 radical (unpaired) electrons. The molecule has 2 nitrogen and oxygen atoms in total. The molecule has 47 heavy (non-hydrogen) atoms. The van der Waals surface area contributed by atoms with Crippen LogP contribution in [0.25, 0.3) is 83.0 Å². The number of rotatable bonds is 5. The molecular weight excluding hydrogens is 569 g/mol. The summed E-state index contributed by atoms with van der Waals surface area (Å²) in [7, 11) is 0. The Morgan fingerprint density at radius 3 is 1.55 bits per heavy atom. The fourth-order valence-corrected chi connectivity index (χ4v) is 7.02. The van der Waals surface area contributed by atoms with Gasteiger partial charge in [0.15, 0.2) is 0 Å². The first-order valence-electron chi connectivity index (χ1n) is 16.1.